The third-order valence-corrected chi connectivity index (χ3v) is 4.39. The van der Waals surface area contributed by atoms with Crippen molar-refractivity contribution < 1.29 is 9.05 Å². The van der Waals surface area contributed by atoms with E-state index in [0.717, 1.165) is 27.2 Å². The number of pyridine rings is 1. The minimum absolute atomic E-state index is 0.233. The molecule has 0 saturated heterocycles. The van der Waals surface area contributed by atoms with E-state index in [1.54, 1.807) is 36.4 Å². The fourth-order valence-electron chi connectivity index (χ4n) is 2.99. The van der Waals surface area contributed by atoms with Crippen LogP contribution >= 0.6 is 0 Å². The second kappa shape index (κ2) is 8.91. The van der Waals surface area contributed by atoms with Gasteiger partial charge in [-0.15, -0.1) is 9.48 Å². The molecule has 154 valence electrons. The topological polar surface area (TPSA) is 107 Å². The molecular formula is C23H18N4O4. The Morgan fingerprint density at radius 2 is 1.35 bits per heavy atom. The van der Waals surface area contributed by atoms with Crippen LogP contribution in [0.15, 0.2) is 110 Å². The van der Waals surface area contributed by atoms with Gasteiger partial charge in [0.05, 0.1) is 5.69 Å². The lowest BCUT2D eigenvalue weighted by atomic mass is 10.1. The van der Waals surface area contributed by atoms with Crippen LogP contribution in [0.4, 0.5) is 0 Å². The molecule has 0 aliphatic carbocycles. The number of nitrogens with zero attached hydrogens (tertiary/aromatic N) is 3. The highest BCUT2D eigenvalue weighted by molar-refractivity contribution is 5.36. The zero-order valence-electron chi connectivity index (χ0n) is 16.3. The number of rotatable bonds is 4. The SMILES string of the molecule is N=c1n(-c2ccccc2)oc(=O)ccc(=O)on1-c1ncccc1Cc1ccccc1. The molecule has 2 heterocycles. The van der Waals surface area contributed by atoms with Gasteiger partial charge in [-0.3, -0.25) is 5.41 Å². The molecule has 31 heavy (non-hydrogen) atoms. The van der Waals surface area contributed by atoms with Crippen LogP contribution in [0.1, 0.15) is 11.1 Å². The Kier molecular flexibility index (Phi) is 5.70. The van der Waals surface area contributed by atoms with Crippen molar-refractivity contribution in [2.75, 3.05) is 0 Å². The van der Waals surface area contributed by atoms with E-state index in [2.05, 4.69) is 4.98 Å². The molecule has 0 saturated carbocycles. The van der Waals surface area contributed by atoms with E-state index in [9.17, 15) is 9.59 Å². The number of benzene rings is 2. The van der Waals surface area contributed by atoms with Gasteiger partial charge in [0.15, 0.2) is 5.82 Å². The highest BCUT2D eigenvalue weighted by atomic mass is 16.5. The van der Waals surface area contributed by atoms with Gasteiger partial charge < -0.3 is 9.05 Å². The summed E-state index contributed by atoms with van der Waals surface area (Å²) in [7, 11) is 0. The van der Waals surface area contributed by atoms with Gasteiger partial charge in [0.1, 0.15) is 0 Å². The number of hydrogen-bond donors (Lipinski definition) is 1. The molecule has 2 aromatic heterocycles. The maximum Gasteiger partial charge on any atom is 0.356 e. The molecule has 0 amide bonds. The number of nitrogens with one attached hydrogen (secondary N) is 1. The van der Waals surface area contributed by atoms with Gasteiger partial charge in [0, 0.05) is 30.3 Å². The lowest BCUT2D eigenvalue weighted by Gasteiger charge is -2.10. The normalized spacial score (nSPS) is 10.5. The lowest BCUT2D eigenvalue weighted by Crippen LogP contribution is -2.29. The van der Waals surface area contributed by atoms with Gasteiger partial charge in [-0.05, 0) is 23.8 Å². The van der Waals surface area contributed by atoms with Gasteiger partial charge in [-0.2, -0.15) is 0 Å². The predicted molar refractivity (Wildman–Crippen MR) is 113 cm³/mol. The maximum atomic E-state index is 12.3. The maximum absolute atomic E-state index is 12.3. The highest BCUT2D eigenvalue weighted by Crippen LogP contribution is 2.14. The molecule has 0 aliphatic heterocycles. The van der Waals surface area contributed by atoms with Crippen LogP contribution in [0, 0.1) is 5.41 Å². The van der Waals surface area contributed by atoms with E-state index in [1.807, 2.05) is 36.4 Å². The third kappa shape index (κ3) is 4.59. The monoisotopic (exact) mass is 414 g/mol. The zero-order valence-corrected chi connectivity index (χ0v) is 16.3. The average Bonchev–Trinajstić information content (AvgIpc) is 2.85. The molecule has 4 aromatic rings. The van der Waals surface area contributed by atoms with Crippen molar-refractivity contribution in [1.82, 2.24) is 14.5 Å². The number of aromatic nitrogens is 3. The van der Waals surface area contributed by atoms with E-state index in [-0.39, 0.29) is 5.82 Å². The summed E-state index contributed by atoms with van der Waals surface area (Å²) in [4.78, 5) is 28.8. The Hall–Kier alpha value is -4.46. The molecule has 4 rings (SSSR count). The molecule has 1 N–H and O–H groups in total. The molecule has 0 unspecified atom stereocenters. The van der Waals surface area contributed by atoms with E-state index in [1.165, 1.54) is 6.20 Å². The van der Waals surface area contributed by atoms with E-state index < -0.39 is 16.9 Å². The molecule has 0 atom stereocenters. The predicted octanol–water partition coefficient (Wildman–Crippen LogP) is 2.76. The van der Waals surface area contributed by atoms with Crippen LogP contribution in [0.2, 0.25) is 0 Å². The molecule has 0 aliphatic rings. The quantitative estimate of drug-likeness (QED) is 0.553. The van der Waals surface area contributed by atoms with Crippen molar-refractivity contribution >= 4 is 0 Å². The molecule has 0 fully saturated rings. The van der Waals surface area contributed by atoms with Gasteiger partial charge in [-0.25, -0.2) is 14.6 Å². The Labute approximate surface area is 176 Å². The summed E-state index contributed by atoms with van der Waals surface area (Å²) < 4.78 is 12.6. The minimum atomic E-state index is -0.840. The summed E-state index contributed by atoms with van der Waals surface area (Å²) in [5, 5.41) is 8.70. The molecule has 0 bridgehead atoms. The zero-order chi connectivity index (χ0) is 21.6. The van der Waals surface area contributed by atoms with Crippen LogP contribution in [0.3, 0.4) is 0 Å². The summed E-state index contributed by atoms with van der Waals surface area (Å²) in [6.07, 6.45) is 2.03. The summed E-state index contributed by atoms with van der Waals surface area (Å²) in [6.45, 7) is 0. The van der Waals surface area contributed by atoms with E-state index in [4.69, 9.17) is 14.5 Å². The minimum Gasteiger partial charge on any atom is -0.328 e. The van der Waals surface area contributed by atoms with Crippen molar-refractivity contribution in [2.24, 2.45) is 0 Å². The smallest absolute Gasteiger partial charge is 0.328 e. The van der Waals surface area contributed by atoms with Crippen LogP contribution < -0.4 is 16.9 Å². The Balaban J connectivity index is 2.02. The summed E-state index contributed by atoms with van der Waals surface area (Å²) in [6, 6.07) is 23.8. The van der Waals surface area contributed by atoms with Crippen molar-refractivity contribution in [2.45, 2.75) is 6.42 Å². The van der Waals surface area contributed by atoms with E-state index in [0.29, 0.717) is 17.7 Å². The fraction of sp³-hybridized carbons (Fsp3) is 0.0435. The Bertz CT molecular complexity index is 1420. The Morgan fingerprint density at radius 3 is 2.03 bits per heavy atom. The first-order chi connectivity index (χ1) is 15.1. The first-order valence-corrected chi connectivity index (χ1v) is 9.45. The van der Waals surface area contributed by atoms with Gasteiger partial charge >= 0.3 is 11.3 Å². The first kappa shape index (κ1) is 19.8. The number of hydrogen-bond acceptors (Lipinski definition) is 6. The highest BCUT2D eigenvalue weighted by Gasteiger charge is 2.12. The van der Waals surface area contributed by atoms with Crippen molar-refractivity contribution in [1.29, 1.82) is 5.41 Å². The molecule has 2 aromatic carbocycles. The van der Waals surface area contributed by atoms with Gasteiger partial charge in [0.2, 0.25) is 0 Å². The van der Waals surface area contributed by atoms with Crippen molar-refractivity contribution in [3.8, 4) is 11.5 Å². The van der Waals surface area contributed by atoms with Gasteiger partial charge in [0.25, 0.3) is 5.62 Å². The largest absolute Gasteiger partial charge is 0.356 e. The standard InChI is InChI=1S/C23H18N4O4/c24-23-26(19-11-5-2-6-12-19)30-20(28)13-14-21(29)31-27(23)22-18(10-7-15-25-22)16-17-8-3-1-4-9-17/h1-15,24H,16H2. The lowest BCUT2D eigenvalue weighted by molar-refractivity contribution is 0.232. The summed E-state index contributed by atoms with van der Waals surface area (Å²) >= 11 is 0. The molecular weight excluding hydrogens is 396 g/mol. The molecule has 8 heteroatoms. The summed E-state index contributed by atoms with van der Waals surface area (Å²) in [5.41, 5.74) is 0.0622. The molecule has 8 nitrogen and oxygen atoms in total. The molecule has 0 spiro atoms. The van der Waals surface area contributed by atoms with Crippen molar-refractivity contribution in [3.63, 3.8) is 0 Å². The van der Waals surface area contributed by atoms with Crippen LogP contribution in [0.5, 0.6) is 0 Å². The van der Waals surface area contributed by atoms with Crippen molar-refractivity contribution in [3.05, 3.63) is 129 Å². The second-order valence-electron chi connectivity index (χ2n) is 6.55. The van der Waals surface area contributed by atoms with E-state index >= 15 is 0 Å². The third-order valence-electron chi connectivity index (χ3n) is 4.39. The Morgan fingerprint density at radius 1 is 0.742 bits per heavy atom. The van der Waals surface area contributed by atoms with Gasteiger partial charge in [-0.1, -0.05) is 54.6 Å². The molecule has 0 radical (unpaired) electrons. The second-order valence-corrected chi connectivity index (χ2v) is 6.55. The summed E-state index contributed by atoms with van der Waals surface area (Å²) in [5.74, 6) is 0.233. The van der Waals surface area contributed by atoms with Crippen LogP contribution in [-0.2, 0) is 6.42 Å². The fourth-order valence-corrected chi connectivity index (χ4v) is 2.99. The number of para-hydroxylation sites is 1. The van der Waals surface area contributed by atoms with Crippen LogP contribution in [0.25, 0.3) is 11.5 Å². The average molecular weight is 414 g/mol. The first-order valence-electron chi connectivity index (χ1n) is 9.45. The van der Waals surface area contributed by atoms with Crippen LogP contribution in [-0.4, -0.2) is 14.5 Å².